The summed E-state index contributed by atoms with van der Waals surface area (Å²) in [5, 5.41) is 0. The largest absolute Gasteiger partial charge is 0.465 e. The average Bonchev–Trinajstić information content (AvgIpc) is 2.03. The van der Waals surface area contributed by atoms with Crippen molar-refractivity contribution >= 4 is 15.8 Å². The summed E-state index contributed by atoms with van der Waals surface area (Å²) < 4.78 is 27.1. The van der Waals surface area contributed by atoms with E-state index in [4.69, 9.17) is 4.74 Å². The van der Waals surface area contributed by atoms with Gasteiger partial charge in [0.1, 0.15) is 5.75 Å². The van der Waals surface area contributed by atoms with Crippen LogP contribution in [0.1, 0.15) is 33.1 Å². The first kappa shape index (κ1) is 13.4. The van der Waals surface area contributed by atoms with Gasteiger partial charge in [0.25, 0.3) is 0 Å². The van der Waals surface area contributed by atoms with Crippen molar-refractivity contribution in [2.24, 2.45) is 0 Å². The van der Waals surface area contributed by atoms with Crippen molar-refractivity contribution in [1.29, 1.82) is 0 Å². The molecule has 0 aromatic carbocycles. The van der Waals surface area contributed by atoms with E-state index in [0.29, 0.717) is 13.0 Å². The van der Waals surface area contributed by atoms with Crippen LogP contribution in [0.2, 0.25) is 0 Å². The van der Waals surface area contributed by atoms with Gasteiger partial charge >= 0.3 is 5.97 Å². The van der Waals surface area contributed by atoms with Crippen LogP contribution in [-0.4, -0.2) is 32.5 Å². The number of rotatable bonds is 7. The molecule has 0 bridgehead atoms. The van der Waals surface area contributed by atoms with E-state index < -0.39 is 21.6 Å². The van der Waals surface area contributed by atoms with Gasteiger partial charge in [0, 0.05) is 0 Å². The van der Waals surface area contributed by atoms with E-state index in [0.717, 1.165) is 12.8 Å². The number of hydrogen-bond acceptors (Lipinski definition) is 4. The summed E-state index contributed by atoms with van der Waals surface area (Å²) in [4.78, 5) is 11.0. The number of esters is 1. The van der Waals surface area contributed by atoms with Gasteiger partial charge in [0.2, 0.25) is 0 Å². The van der Waals surface area contributed by atoms with Gasteiger partial charge in [-0.15, -0.1) is 0 Å². The highest BCUT2D eigenvalue weighted by Crippen LogP contribution is 1.96. The van der Waals surface area contributed by atoms with Gasteiger partial charge in [-0.1, -0.05) is 20.3 Å². The van der Waals surface area contributed by atoms with Crippen LogP contribution in [0.25, 0.3) is 0 Å². The lowest BCUT2D eigenvalue weighted by Crippen LogP contribution is -2.21. The zero-order chi connectivity index (χ0) is 11.0. The topological polar surface area (TPSA) is 60.4 Å². The maximum Gasteiger partial charge on any atom is 0.321 e. The monoisotopic (exact) mass is 222 g/mol. The molecule has 0 aromatic heterocycles. The molecule has 0 atom stereocenters. The van der Waals surface area contributed by atoms with Crippen LogP contribution >= 0.6 is 0 Å². The second-order valence-electron chi connectivity index (χ2n) is 3.17. The van der Waals surface area contributed by atoms with E-state index in [2.05, 4.69) is 0 Å². The van der Waals surface area contributed by atoms with Gasteiger partial charge in [-0.25, -0.2) is 8.42 Å². The van der Waals surface area contributed by atoms with Crippen LogP contribution in [0.4, 0.5) is 0 Å². The molecular weight excluding hydrogens is 204 g/mol. The third kappa shape index (κ3) is 6.88. The maximum atomic E-state index is 11.2. The summed E-state index contributed by atoms with van der Waals surface area (Å²) in [6.45, 7) is 4.05. The summed E-state index contributed by atoms with van der Waals surface area (Å²) >= 11 is 0. The van der Waals surface area contributed by atoms with E-state index in [1.165, 1.54) is 0 Å². The molecule has 84 valence electrons. The molecule has 0 unspecified atom stereocenters. The van der Waals surface area contributed by atoms with Crippen molar-refractivity contribution in [2.45, 2.75) is 33.1 Å². The van der Waals surface area contributed by atoms with Gasteiger partial charge in [-0.05, 0) is 12.8 Å². The SMILES string of the molecule is CCCCOC(=O)CS(=O)(=O)CCC. The van der Waals surface area contributed by atoms with Crippen molar-refractivity contribution in [1.82, 2.24) is 0 Å². The minimum absolute atomic E-state index is 0.0515. The Morgan fingerprint density at radius 3 is 2.36 bits per heavy atom. The molecule has 0 spiro atoms. The number of unbranched alkanes of at least 4 members (excludes halogenated alkanes) is 1. The fourth-order valence-electron chi connectivity index (χ4n) is 0.935. The molecular formula is C9H18O4S. The van der Waals surface area contributed by atoms with Crippen LogP contribution in [0.3, 0.4) is 0 Å². The first-order valence-electron chi connectivity index (χ1n) is 4.88. The molecule has 0 radical (unpaired) electrons. The van der Waals surface area contributed by atoms with Crippen molar-refractivity contribution in [3.05, 3.63) is 0 Å². The summed E-state index contributed by atoms with van der Waals surface area (Å²) in [6.07, 6.45) is 2.24. The Kier molecular flexibility index (Phi) is 6.53. The molecule has 0 saturated heterocycles. The lowest BCUT2D eigenvalue weighted by Gasteiger charge is -2.03. The second-order valence-corrected chi connectivity index (χ2v) is 5.35. The Labute approximate surface area is 85.6 Å². The van der Waals surface area contributed by atoms with Crippen molar-refractivity contribution in [2.75, 3.05) is 18.1 Å². The molecule has 14 heavy (non-hydrogen) atoms. The lowest BCUT2D eigenvalue weighted by atomic mass is 10.4. The van der Waals surface area contributed by atoms with Gasteiger partial charge in [-0.2, -0.15) is 0 Å². The Hall–Kier alpha value is -0.580. The number of sulfone groups is 1. The predicted molar refractivity (Wildman–Crippen MR) is 54.8 cm³/mol. The van der Waals surface area contributed by atoms with Crippen molar-refractivity contribution < 1.29 is 17.9 Å². The van der Waals surface area contributed by atoms with E-state index in [-0.39, 0.29) is 5.75 Å². The highest BCUT2D eigenvalue weighted by Gasteiger charge is 2.16. The smallest absolute Gasteiger partial charge is 0.321 e. The van der Waals surface area contributed by atoms with E-state index in [1.807, 2.05) is 6.92 Å². The number of ether oxygens (including phenoxy) is 1. The highest BCUT2D eigenvalue weighted by atomic mass is 32.2. The number of carbonyl (C=O) groups excluding carboxylic acids is 1. The van der Waals surface area contributed by atoms with Crippen molar-refractivity contribution in [3.8, 4) is 0 Å². The second kappa shape index (κ2) is 6.81. The maximum absolute atomic E-state index is 11.2. The number of carbonyl (C=O) groups is 1. The Balaban J connectivity index is 3.82. The van der Waals surface area contributed by atoms with E-state index >= 15 is 0 Å². The zero-order valence-electron chi connectivity index (χ0n) is 8.78. The first-order valence-corrected chi connectivity index (χ1v) is 6.70. The van der Waals surface area contributed by atoms with Crippen LogP contribution < -0.4 is 0 Å². The molecule has 0 fully saturated rings. The summed E-state index contributed by atoms with van der Waals surface area (Å²) in [5.41, 5.74) is 0. The molecule has 0 amide bonds. The molecule has 0 N–H and O–H groups in total. The lowest BCUT2D eigenvalue weighted by molar-refractivity contribution is -0.140. The fourth-order valence-corrected chi connectivity index (χ4v) is 2.14. The van der Waals surface area contributed by atoms with E-state index in [1.54, 1.807) is 6.92 Å². The molecule has 0 aliphatic carbocycles. The van der Waals surface area contributed by atoms with Gasteiger partial charge in [-0.3, -0.25) is 4.79 Å². The molecule has 0 heterocycles. The molecule has 5 heteroatoms. The summed E-state index contributed by atoms with van der Waals surface area (Å²) in [6, 6.07) is 0. The molecule has 4 nitrogen and oxygen atoms in total. The normalized spacial score (nSPS) is 11.3. The van der Waals surface area contributed by atoms with Crippen LogP contribution in [0, 0.1) is 0 Å². The summed E-state index contributed by atoms with van der Waals surface area (Å²) in [7, 11) is -3.24. The summed E-state index contributed by atoms with van der Waals surface area (Å²) in [5.74, 6) is -1.06. The quantitative estimate of drug-likeness (QED) is 0.479. The third-order valence-corrected chi connectivity index (χ3v) is 3.32. The standard InChI is InChI=1S/C9H18O4S/c1-3-5-6-13-9(10)8-14(11,12)7-4-2/h3-8H2,1-2H3. The molecule has 0 aliphatic rings. The zero-order valence-corrected chi connectivity index (χ0v) is 9.60. The van der Waals surface area contributed by atoms with Crippen molar-refractivity contribution in [3.63, 3.8) is 0 Å². The highest BCUT2D eigenvalue weighted by molar-refractivity contribution is 7.92. The number of hydrogen-bond donors (Lipinski definition) is 0. The van der Waals surface area contributed by atoms with E-state index in [9.17, 15) is 13.2 Å². The first-order chi connectivity index (χ1) is 6.52. The van der Waals surface area contributed by atoms with Crippen LogP contribution in [0.15, 0.2) is 0 Å². The molecule has 0 saturated carbocycles. The fraction of sp³-hybridized carbons (Fsp3) is 0.889. The van der Waals surface area contributed by atoms with Crippen LogP contribution in [0.5, 0.6) is 0 Å². The average molecular weight is 222 g/mol. The van der Waals surface area contributed by atoms with Gasteiger partial charge < -0.3 is 4.74 Å². The molecule has 0 aliphatic heterocycles. The molecule has 0 aromatic rings. The molecule has 0 rings (SSSR count). The predicted octanol–water partition coefficient (Wildman–Crippen LogP) is 1.15. The third-order valence-electron chi connectivity index (χ3n) is 1.61. The minimum Gasteiger partial charge on any atom is -0.465 e. The Bertz CT molecular complexity index is 256. The Morgan fingerprint density at radius 1 is 1.21 bits per heavy atom. The minimum atomic E-state index is -3.24. The van der Waals surface area contributed by atoms with Crippen LogP contribution in [-0.2, 0) is 19.4 Å². The Morgan fingerprint density at radius 2 is 1.86 bits per heavy atom. The van der Waals surface area contributed by atoms with Gasteiger partial charge in [0.05, 0.1) is 12.4 Å². The van der Waals surface area contributed by atoms with Gasteiger partial charge in [0.15, 0.2) is 9.84 Å².